The summed E-state index contributed by atoms with van der Waals surface area (Å²) in [5, 5.41) is 3.24. The van der Waals surface area contributed by atoms with Crippen molar-refractivity contribution < 1.29 is 13.4 Å². The Hall–Kier alpha value is -4.05. The van der Waals surface area contributed by atoms with Crippen LogP contribution in [-0.2, 0) is 21.6 Å². The number of nitrogens with zero attached hydrogens (tertiary/aromatic N) is 4. The van der Waals surface area contributed by atoms with E-state index < -0.39 is 15.5 Å². The van der Waals surface area contributed by atoms with Crippen molar-refractivity contribution in [2.45, 2.75) is 19.8 Å². The fraction of sp³-hybridized carbons (Fsp3) is 0.250. The maximum absolute atomic E-state index is 15.6. The SMILES string of the molecule is C=C(C)C(=O)Nc1ccc(-c2c(-c3ccc(N=S4(=O)CC5(CC5)C4)cc3)c3c(N)ncnc3n2C)c(F)c1. The van der Waals surface area contributed by atoms with Crippen LogP contribution in [0, 0.1) is 11.2 Å². The number of nitrogens with one attached hydrogen (secondary N) is 1. The van der Waals surface area contributed by atoms with E-state index in [0.717, 1.165) is 18.4 Å². The molecule has 6 rings (SSSR count). The summed E-state index contributed by atoms with van der Waals surface area (Å²) in [6.07, 6.45) is 3.69. The van der Waals surface area contributed by atoms with Crippen molar-refractivity contribution in [1.29, 1.82) is 0 Å². The number of hydrogen-bond acceptors (Lipinski definition) is 6. The molecule has 2 fully saturated rings. The molecule has 0 unspecified atom stereocenters. The van der Waals surface area contributed by atoms with Gasteiger partial charge in [0.25, 0.3) is 5.91 Å². The van der Waals surface area contributed by atoms with Gasteiger partial charge < -0.3 is 15.6 Å². The molecule has 1 spiro atoms. The molecule has 3 heterocycles. The van der Waals surface area contributed by atoms with Crippen molar-refractivity contribution in [1.82, 2.24) is 14.5 Å². The second-order valence-corrected chi connectivity index (χ2v) is 12.7. The summed E-state index contributed by atoms with van der Waals surface area (Å²) in [4.78, 5) is 20.6. The molecule has 3 N–H and O–H groups in total. The highest BCUT2D eigenvalue weighted by Gasteiger charge is 2.55. The van der Waals surface area contributed by atoms with Crippen LogP contribution in [0.2, 0.25) is 0 Å². The van der Waals surface area contributed by atoms with E-state index in [1.807, 2.05) is 24.3 Å². The number of carbonyl (C=O) groups excluding carboxylic acids is 1. The van der Waals surface area contributed by atoms with Crippen LogP contribution in [0.15, 0.2) is 65.3 Å². The first-order valence-electron chi connectivity index (χ1n) is 12.3. The normalized spacial score (nSPS) is 16.7. The predicted octanol–water partition coefficient (Wildman–Crippen LogP) is 5.43. The van der Waals surface area contributed by atoms with Crippen molar-refractivity contribution in [3.63, 3.8) is 0 Å². The van der Waals surface area contributed by atoms with Gasteiger partial charge in [0, 0.05) is 40.9 Å². The van der Waals surface area contributed by atoms with E-state index in [2.05, 4.69) is 26.2 Å². The van der Waals surface area contributed by atoms with E-state index in [-0.39, 0.29) is 11.7 Å². The minimum absolute atomic E-state index is 0.276. The molecule has 194 valence electrons. The molecule has 0 atom stereocenters. The summed E-state index contributed by atoms with van der Waals surface area (Å²) >= 11 is 0. The number of halogens is 1. The van der Waals surface area contributed by atoms with Gasteiger partial charge in [-0.2, -0.15) is 4.36 Å². The quantitative estimate of drug-likeness (QED) is 0.334. The largest absolute Gasteiger partial charge is 0.383 e. The third kappa shape index (κ3) is 4.05. The third-order valence-corrected chi connectivity index (χ3v) is 9.98. The van der Waals surface area contributed by atoms with Gasteiger partial charge in [0.2, 0.25) is 0 Å². The van der Waals surface area contributed by atoms with Crippen LogP contribution >= 0.6 is 0 Å². The molecule has 1 saturated carbocycles. The van der Waals surface area contributed by atoms with Gasteiger partial charge in [-0.3, -0.25) is 4.79 Å². The number of rotatable bonds is 5. The Labute approximate surface area is 220 Å². The lowest BCUT2D eigenvalue weighted by molar-refractivity contribution is -0.112. The van der Waals surface area contributed by atoms with Crippen LogP contribution in [0.5, 0.6) is 0 Å². The first-order chi connectivity index (χ1) is 18.1. The lowest BCUT2D eigenvalue weighted by Gasteiger charge is -2.29. The molecule has 10 heteroatoms. The van der Waals surface area contributed by atoms with E-state index in [4.69, 9.17) is 5.73 Å². The summed E-state index contributed by atoms with van der Waals surface area (Å²) < 4.78 is 34.9. The minimum Gasteiger partial charge on any atom is -0.383 e. The van der Waals surface area contributed by atoms with Crippen LogP contribution in [-0.4, -0.2) is 36.2 Å². The molecule has 38 heavy (non-hydrogen) atoms. The van der Waals surface area contributed by atoms with Crippen molar-refractivity contribution in [2.24, 2.45) is 16.8 Å². The van der Waals surface area contributed by atoms with Crippen molar-refractivity contribution in [3.8, 4) is 22.4 Å². The Balaban J connectivity index is 1.45. The monoisotopic (exact) mass is 530 g/mol. The number of nitrogen functional groups attached to an aromatic ring is 1. The van der Waals surface area contributed by atoms with Crippen molar-refractivity contribution in [2.75, 3.05) is 22.6 Å². The summed E-state index contributed by atoms with van der Waals surface area (Å²) in [5.41, 5.74) is 10.8. The van der Waals surface area contributed by atoms with E-state index in [1.54, 1.807) is 30.7 Å². The highest BCUT2D eigenvalue weighted by molar-refractivity contribution is 7.95. The van der Waals surface area contributed by atoms with Crippen LogP contribution in [0.1, 0.15) is 19.8 Å². The molecule has 2 aromatic carbocycles. The Bertz CT molecular complexity index is 1770. The lowest BCUT2D eigenvalue weighted by atomic mass is 9.98. The smallest absolute Gasteiger partial charge is 0.250 e. The number of nitrogens with two attached hydrogens (primary N) is 1. The first kappa shape index (κ1) is 24.3. The Morgan fingerprint density at radius 2 is 1.89 bits per heavy atom. The van der Waals surface area contributed by atoms with E-state index in [1.165, 1.54) is 12.4 Å². The van der Waals surface area contributed by atoms with Gasteiger partial charge >= 0.3 is 0 Å². The van der Waals surface area contributed by atoms with Crippen LogP contribution in [0.25, 0.3) is 33.4 Å². The molecule has 1 saturated heterocycles. The maximum atomic E-state index is 15.6. The van der Waals surface area contributed by atoms with Gasteiger partial charge in [0.1, 0.15) is 23.6 Å². The molecule has 0 bridgehead atoms. The summed E-state index contributed by atoms with van der Waals surface area (Å²) in [5.74, 6) is 0.743. The zero-order valence-corrected chi connectivity index (χ0v) is 21.9. The zero-order valence-electron chi connectivity index (χ0n) is 21.1. The van der Waals surface area contributed by atoms with E-state index in [9.17, 15) is 9.00 Å². The molecular weight excluding hydrogens is 503 g/mol. The van der Waals surface area contributed by atoms with Gasteiger partial charge in [-0.25, -0.2) is 18.6 Å². The molecule has 2 aromatic heterocycles. The molecule has 1 aliphatic heterocycles. The number of aromatic nitrogens is 3. The molecule has 1 aliphatic carbocycles. The van der Waals surface area contributed by atoms with Gasteiger partial charge in [0.05, 0.1) is 26.5 Å². The first-order valence-corrected chi connectivity index (χ1v) is 14.1. The Morgan fingerprint density at radius 1 is 1.18 bits per heavy atom. The molecule has 4 aromatic rings. The fourth-order valence-electron chi connectivity index (χ4n) is 5.22. The number of aryl methyl sites for hydroxylation is 1. The molecular formula is C28H27FN6O2S. The molecule has 1 amide bonds. The average molecular weight is 531 g/mol. The number of hydrogen-bond donors (Lipinski definition) is 2. The highest BCUT2D eigenvalue weighted by Crippen LogP contribution is 2.55. The highest BCUT2D eigenvalue weighted by atomic mass is 32.2. The predicted molar refractivity (Wildman–Crippen MR) is 149 cm³/mol. The van der Waals surface area contributed by atoms with Crippen molar-refractivity contribution in [3.05, 3.63) is 66.8 Å². The lowest BCUT2D eigenvalue weighted by Crippen LogP contribution is -2.37. The number of benzene rings is 2. The van der Waals surface area contributed by atoms with Gasteiger partial charge in [0.15, 0.2) is 0 Å². The third-order valence-electron chi connectivity index (χ3n) is 7.31. The van der Waals surface area contributed by atoms with E-state index in [0.29, 0.717) is 61.7 Å². The standard InChI is InChI=1S/C28H27FN6O2S/c1-16(2)27(36)33-19-8-9-20(21(29)12-19)24-22(23-25(30)31-15-32-26(23)35(24)3)17-4-6-18(7-5-17)34-38(37)13-28(14-38)10-11-28/h4-9,12,15H,1,10-11,13-14H2,2-3H3,(H,33,36)(H2,30,31,32). The Morgan fingerprint density at radius 3 is 2.53 bits per heavy atom. The Kier molecular flexibility index (Phi) is 5.43. The second kappa shape index (κ2) is 8.49. The van der Waals surface area contributed by atoms with Crippen LogP contribution in [0.3, 0.4) is 0 Å². The fourth-order valence-corrected chi connectivity index (χ4v) is 8.26. The van der Waals surface area contributed by atoms with Gasteiger partial charge in [-0.05, 0) is 61.1 Å². The number of carbonyl (C=O) groups is 1. The van der Waals surface area contributed by atoms with Gasteiger partial charge in [-0.15, -0.1) is 0 Å². The van der Waals surface area contributed by atoms with Gasteiger partial charge in [-0.1, -0.05) is 18.7 Å². The number of amides is 1. The maximum Gasteiger partial charge on any atom is 0.250 e. The van der Waals surface area contributed by atoms with Crippen LogP contribution in [0.4, 0.5) is 21.6 Å². The van der Waals surface area contributed by atoms with Crippen molar-refractivity contribution >= 4 is 43.9 Å². The second-order valence-electron chi connectivity index (χ2n) is 10.4. The minimum atomic E-state index is -2.18. The molecule has 0 radical (unpaired) electrons. The summed E-state index contributed by atoms with van der Waals surface area (Å²) in [6.45, 7) is 5.20. The topological polar surface area (TPSA) is 115 Å². The number of fused-ring (bicyclic) bond motifs is 1. The summed E-state index contributed by atoms with van der Waals surface area (Å²) in [7, 11) is -0.387. The molecule has 8 nitrogen and oxygen atoms in total. The average Bonchev–Trinajstić information content (AvgIpc) is 3.56. The van der Waals surface area contributed by atoms with E-state index >= 15 is 4.39 Å². The number of anilines is 2. The molecule has 2 aliphatic rings. The summed E-state index contributed by atoms with van der Waals surface area (Å²) in [6, 6.07) is 11.9. The van der Waals surface area contributed by atoms with Crippen LogP contribution < -0.4 is 11.1 Å². The zero-order chi connectivity index (χ0) is 26.8.